The smallest absolute Gasteiger partial charge is 0.308 e. The third-order valence-electron chi connectivity index (χ3n) is 4.29. The Labute approximate surface area is 138 Å². The van der Waals surface area contributed by atoms with E-state index in [2.05, 4.69) is 5.32 Å². The fourth-order valence-electron chi connectivity index (χ4n) is 3.10. The second-order valence-electron chi connectivity index (χ2n) is 5.66. The van der Waals surface area contributed by atoms with Crippen LogP contribution in [0, 0.1) is 5.92 Å². The van der Waals surface area contributed by atoms with Gasteiger partial charge in [0.25, 0.3) is 5.91 Å². The van der Waals surface area contributed by atoms with Gasteiger partial charge in [-0.2, -0.15) is 0 Å². The van der Waals surface area contributed by atoms with E-state index < -0.39 is 11.9 Å². The van der Waals surface area contributed by atoms with Gasteiger partial charge in [0.15, 0.2) is 0 Å². The van der Waals surface area contributed by atoms with Gasteiger partial charge in [-0.15, -0.1) is 0 Å². The molecule has 120 valence electrons. The molecular formula is C17H17ClN2O3. The third-order valence-corrected chi connectivity index (χ3v) is 4.52. The number of carbonyl (C=O) groups is 2. The largest absolute Gasteiger partial charge is 0.481 e. The van der Waals surface area contributed by atoms with Gasteiger partial charge < -0.3 is 15.0 Å². The predicted octanol–water partition coefficient (Wildman–Crippen LogP) is 3.20. The first-order valence-corrected chi connectivity index (χ1v) is 7.88. The van der Waals surface area contributed by atoms with Crippen molar-refractivity contribution in [1.82, 2.24) is 9.88 Å². The number of fused-ring (bicyclic) bond motifs is 1. The van der Waals surface area contributed by atoms with Gasteiger partial charge in [-0.05, 0) is 30.2 Å². The summed E-state index contributed by atoms with van der Waals surface area (Å²) in [5, 5.41) is 12.8. The Kier molecular flexibility index (Phi) is 4.13. The van der Waals surface area contributed by atoms with Gasteiger partial charge in [0.1, 0.15) is 5.69 Å². The molecular weight excluding hydrogens is 316 g/mol. The molecule has 3 rings (SSSR count). The fraction of sp³-hybridized carbons (Fsp3) is 0.294. The molecule has 0 saturated heterocycles. The minimum atomic E-state index is -0.849. The Morgan fingerprint density at radius 1 is 1.43 bits per heavy atom. The van der Waals surface area contributed by atoms with Crippen molar-refractivity contribution in [2.75, 3.05) is 6.54 Å². The highest BCUT2D eigenvalue weighted by Crippen LogP contribution is 2.32. The maximum Gasteiger partial charge on any atom is 0.308 e. The molecule has 1 aromatic carbocycles. The normalized spacial score (nSPS) is 18.2. The van der Waals surface area contributed by atoms with E-state index in [4.69, 9.17) is 11.6 Å². The van der Waals surface area contributed by atoms with Crippen LogP contribution in [0.1, 0.15) is 29.9 Å². The van der Waals surface area contributed by atoms with Gasteiger partial charge in [0, 0.05) is 23.3 Å². The average Bonchev–Trinajstić information content (AvgIpc) is 2.96. The van der Waals surface area contributed by atoms with Crippen molar-refractivity contribution in [3.05, 3.63) is 47.2 Å². The zero-order valence-corrected chi connectivity index (χ0v) is 13.4. The summed E-state index contributed by atoms with van der Waals surface area (Å²) in [6.45, 7) is 2.16. The topological polar surface area (TPSA) is 71.3 Å². The van der Waals surface area contributed by atoms with Crippen LogP contribution in [0.25, 0.3) is 11.1 Å². The number of amides is 1. The number of nitrogens with one attached hydrogen (secondary N) is 1. The summed E-state index contributed by atoms with van der Waals surface area (Å²) in [5.41, 5.74) is 2.23. The van der Waals surface area contributed by atoms with Crippen molar-refractivity contribution >= 4 is 23.5 Å². The van der Waals surface area contributed by atoms with Crippen molar-refractivity contribution in [2.24, 2.45) is 5.92 Å². The van der Waals surface area contributed by atoms with Gasteiger partial charge in [-0.3, -0.25) is 9.59 Å². The summed E-state index contributed by atoms with van der Waals surface area (Å²) in [7, 11) is 0. The minimum absolute atomic E-state index is 0.185. The molecule has 0 fully saturated rings. The number of carboxylic acid groups (broad SMARTS) is 1. The molecule has 1 aliphatic rings. The van der Waals surface area contributed by atoms with Gasteiger partial charge >= 0.3 is 5.97 Å². The number of carboxylic acids is 1. The molecule has 0 spiro atoms. The number of nitrogens with zero attached hydrogens (tertiary/aromatic N) is 1. The van der Waals surface area contributed by atoms with Crippen LogP contribution in [0.3, 0.4) is 0 Å². The van der Waals surface area contributed by atoms with Crippen LogP contribution in [0.2, 0.25) is 5.02 Å². The number of halogens is 1. The van der Waals surface area contributed by atoms with E-state index in [0.29, 0.717) is 23.7 Å². The molecule has 6 heteroatoms. The Morgan fingerprint density at radius 2 is 2.22 bits per heavy atom. The zero-order chi connectivity index (χ0) is 16.6. The van der Waals surface area contributed by atoms with Crippen LogP contribution in [0.4, 0.5) is 0 Å². The number of carbonyl (C=O) groups excluding carboxylic acids is 1. The van der Waals surface area contributed by atoms with Crippen molar-refractivity contribution in [3.8, 4) is 11.1 Å². The third kappa shape index (κ3) is 2.84. The first-order valence-electron chi connectivity index (χ1n) is 7.50. The first kappa shape index (κ1) is 15.6. The van der Waals surface area contributed by atoms with Crippen molar-refractivity contribution in [1.29, 1.82) is 0 Å². The number of rotatable bonds is 4. The Bertz CT molecular complexity index is 769. The molecule has 2 heterocycles. The zero-order valence-electron chi connectivity index (χ0n) is 12.6. The molecule has 2 atom stereocenters. The van der Waals surface area contributed by atoms with E-state index in [-0.39, 0.29) is 11.9 Å². The lowest BCUT2D eigenvalue weighted by atomic mass is 9.95. The lowest BCUT2D eigenvalue weighted by Gasteiger charge is -2.30. The Hall–Kier alpha value is -2.27. The molecule has 2 unspecified atom stereocenters. The number of aromatic nitrogens is 1. The fourth-order valence-corrected chi connectivity index (χ4v) is 3.29. The number of aliphatic carboxylic acids is 1. The van der Waals surface area contributed by atoms with Crippen molar-refractivity contribution in [3.63, 3.8) is 0 Å². The molecule has 0 radical (unpaired) electrons. The van der Waals surface area contributed by atoms with E-state index in [1.165, 1.54) is 0 Å². The monoisotopic (exact) mass is 332 g/mol. The van der Waals surface area contributed by atoms with E-state index in [1.54, 1.807) is 16.7 Å². The molecule has 1 amide bonds. The highest BCUT2D eigenvalue weighted by atomic mass is 35.5. The summed E-state index contributed by atoms with van der Waals surface area (Å²) >= 11 is 6.03. The maximum atomic E-state index is 12.1. The Balaban J connectivity index is 2.06. The molecule has 0 bridgehead atoms. The Morgan fingerprint density at radius 3 is 2.87 bits per heavy atom. The summed E-state index contributed by atoms with van der Waals surface area (Å²) in [6.07, 6.45) is 2.34. The van der Waals surface area contributed by atoms with Gasteiger partial charge in [0.05, 0.1) is 12.0 Å². The standard InChI is InChI=1S/C17H17ClN2O3/c1-2-13(17(22)23)15-8-19-16(21)14-7-11(9-20(14)15)10-4-3-5-12(18)6-10/h3-7,9,13,15H,2,8H2,1H3,(H,19,21)(H,22,23). The van der Waals surface area contributed by atoms with E-state index in [9.17, 15) is 14.7 Å². The van der Waals surface area contributed by atoms with E-state index in [0.717, 1.165) is 11.1 Å². The maximum absolute atomic E-state index is 12.1. The molecule has 0 aliphatic carbocycles. The van der Waals surface area contributed by atoms with Crippen LogP contribution >= 0.6 is 11.6 Å². The molecule has 5 nitrogen and oxygen atoms in total. The molecule has 1 aliphatic heterocycles. The second-order valence-corrected chi connectivity index (χ2v) is 6.10. The average molecular weight is 333 g/mol. The predicted molar refractivity (Wildman–Crippen MR) is 87.7 cm³/mol. The van der Waals surface area contributed by atoms with E-state index in [1.807, 2.05) is 31.3 Å². The van der Waals surface area contributed by atoms with E-state index >= 15 is 0 Å². The molecule has 0 saturated carbocycles. The number of hydrogen-bond acceptors (Lipinski definition) is 2. The molecule has 23 heavy (non-hydrogen) atoms. The molecule has 1 aromatic heterocycles. The van der Waals surface area contributed by atoms with Gasteiger partial charge in [-0.25, -0.2) is 0 Å². The van der Waals surface area contributed by atoms with Crippen molar-refractivity contribution in [2.45, 2.75) is 19.4 Å². The highest BCUT2D eigenvalue weighted by Gasteiger charge is 2.34. The molecule has 2 aromatic rings. The van der Waals surface area contributed by atoms with Crippen molar-refractivity contribution < 1.29 is 14.7 Å². The SMILES string of the molecule is CCC(C(=O)O)C1CNC(=O)c2cc(-c3cccc(Cl)c3)cn21. The number of benzene rings is 1. The van der Waals surface area contributed by atoms with Crippen LogP contribution in [0.15, 0.2) is 36.5 Å². The summed E-state index contributed by atoms with van der Waals surface area (Å²) in [6, 6.07) is 8.85. The lowest BCUT2D eigenvalue weighted by Crippen LogP contribution is -2.43. The summed E-state index contributed by atoms with van der Waals surface area (Å²) in [5.74, 6) is -1.58. The van der Waals surface area contributed by atoms with Crippen LogP contribution in [-0.4, -0.2) is 28.1 Å². The first-order chi connectivity index (χ1) is 11.0. The lowest BCUT2D eigenvalue weighted by molar-refractivity contribution is -0.143. The summed E-state index contributed by atoms with van der Waals surface area (Å²) < 4.78 is 1.79. The van der Waals surface area contributed by atoms with Crippen LogP contribution in [-0.2, 0) is 4.79 Å². The quantitative estimate of drug-likeness (QED) is 0.903. The van der Waals surface area contributed by atoms with Gasteiger partial charge in [0.2, 0.25) is 0 Å². The second kappa shape index (κ2) is 6.08. The summed E-state index contributed by atoms with van der Waals surface area (Å²) in [4.78, 5) is 23.6. The minimum Gasteiger partial charge on any atom is -0.481 e. The highest BCUT2D eigenvalue weighted by molar-refractivity contribution is 6.30. The number of hydrogen-bond donors (Lipinski definition) is 2. The van der Waals surface area contributed by atoms with Crippen LogP contribution < -0.4 is 5.32 Å². The van der Waals surface area contributed by atoms with Gasteiger partial charge in [-0.1, -0.05) is 30.7 Å². The molecule has 2 N–H and O–H groups in total. The van der Waals surface area contributed by atoms with Crippen LogP contribution in [0.5, 0.6) is 0 Å².